The molecule has 4 heteroatoms. The Bertz CT molecular complexity index is 147. The first-order valence-corrected chi connectivity index (χ1v) is 3.93. The topological polar surface area (TPSA) is 59.6 Å². The summed E-state index contributed by atoms with van der Waals surface area (Å²) in [4.78, 5) is 5.10. The number of nitrogens with two attached hydrogens (primary N) is 1. The van der Waals surface area contributed by atoms with Gasteiger partial charge in [-0.05, 0) is 6.92 Å². The maximum Gasteiger partial charge on any atom is 0.145 e. The minimum absolute atomic E-state index is 0.224. The van der Waals surface area contributed by atoms with Crippen LogP contribution in [0, 0.1) is 0 Å². The second-order valence-corrected chi connectivity index (χ2v) is 2.75. The van der Waals surface area contributed by atoms with Crippen molar-refractivity contribution in [3.05, 3.63) is 0 Å². The number of nitrogens with zero attached hydrogens (tertiary/aromatic N) is 1. The lowest BCUT2D eigenvalue weighted by molar-refractivity contribution is 0.0854. The smallest absolute Gasteiger partial charge is 0.145 e. The van der Waals surface area contributed by atoms with Gasteiger partial charge in [0, 0.05) is 26.1 Å². The van der Waals surface area contributed by atoms with Gasteiger partial charge >= 0.3 is 0 Å². The molecule has 0 amide bonds. The van der Waals surface area contributed by atoms with E-state index in [1.165, 1.54) is 0 Å². The van der Waals surface area contributed by atoms with Crippen molar-refractivity contribution in [3.63, 3.8) is 0 Å². The summed E-state index contributed by atoms with van der Waals surface area (Å²) in [6.45, 7) is 4.34. The Morgan fingerprint density at radius 3 is 3.18 bits per heavy atom. The monoisotopic (exact) mass is 157 g/mol. The summed E-state index contributed by atoms with van der Waals surface area (Å²) in [5, 5.41) is 7.02. The zero-order chi connectivity index (χ0) is 8.10. The van der Waals surface area contributed by atoms with E-state index >= 15 is 0 Å². The van der Waals surface area contributed by atoms with Crippen LogP contribution in [0.1, 0.15) is 13.3 Å². The molecule has 4 nitrogen and oxygen atoms in total. The summed E-state index contributed by atoms with van der Waals surface area (Å²) >= 11 is 0. The predicted octanol–water partition coefficient (Wildman–Crippen LogP) is -0.300. The first kappa shape index (κ1) is 8.49. The van der Waals surface area contributed by atoms with Gasteiger partial charge in [-0.2, -0.15) is 0 Å². The lowest BCUT2D eigenvalue weighted by Crippen LogP contribution is -2.30. The summed E-state index contributed by atoms with van der Waals surface area (Å²) in [5.74, 6) is 0. The van der Waals surface area contributed by atoms with Crippen molar-refractivity contribution in [2.45, 2.75) is 19.4 Å². The van der Waals surface area contributed by atoms with E-state index in [-0.39, 0.29) is 6.10 Å². The van der Waals surface area contributed by atoms with Crippen LogP contribution in [-0.2, 0) is 4.84 Å². The van der Waals surface area contributed by atoms with E-state index in [2.05, 4.69) is 10.5 Å². The van der Waals surface area contributed by atoms with Crippen molar-refractivity contribution in [2.75, 3.05) is 19.6 Å². The van der Waals surface area contributed by atoms with Crippen LogP contribution in [0.4, 0.5) is 0 Å². The molecule has 3 N–H and O–H groups in total. The molecule has 11 heavy (non-hydrogen) atoms. The average molecular weight is 157 g/mol. The van der Waals surface area contributed by atoms with Crippen LogP contribution in [0.3, 0.4) is 0 Å². The molecule has 0 radical (unpaired) electrons. The summed E-state index contributed by atoms with van der Waals surface area (Å²) < 4.78 is 0. The molecule has 1 aliphatic rings. The molecule has 0 saturated heterocycles. The maximum atomic E-state index is 5.31. The van der Waals surface area contributed by atoms with Crippen LogP contribution in [0.15, 0.2) is 5.16 Å². The van der Waals surface area contributed by atoms with Crippen molar-refractivity contribution in [1.82, 2.24) is 5.32 Å². The van der Waals surface area contributed by atoms with Gasteiger partial charge in [0.15, 0.2) is 0 Å². The SMILES string of the molecule is CC1=NOC(CNCCN)C1. The lowest BCUT2D eigenvalue weighted by Gasteiger charge is -2.07. The molecule has 0 aliphatic carbocycles. The first-order chi connectivity index (χ1) is 5.33. The molecule has 64 valence electrons. The zero-order valence-corrected chi connectivity index (χ0v) is 6.84. The van der Waals surface area contributed by atoms with Crippen LogP contribution in [0.5, 0.6) is 0 Å². The molecule has 0 aromatic rings. The third-order valence-electron chi connectivity index (χ3n) is 1.57. The predicted molar refractivity (Wildman–Crippen MR) is 44.5 cm³/mol. The lowest BCUT2D eigenvalue weighted by atomic mass is 10.2. The Balaban J connectivity index is 2.02. The van der Waals surface area contributed by atoms with Crippen LogP contribution in [0.25, 0.3) is 0 Å². The van der Waals surface area contributed by atoms with Gasteiger partial charge < -0.3 is 15.9 Å². The van der Waals surface area contributed by atoms with Crippen LogP contribution < -0.4 is 11.1 Å². The van der Waals surface area contributed by atoms with Gasteiger partial charge in [0.05, 0.1) is 5.71 Å². The van der Waals surface area contributed by atoms with E-state index in [0.29, 0.717) is 6.54 Å². The Kier molecular flexibility index (Phi) is 3.32. The molecule has 1 unspecified atom stereocenters. The number of hydrogen-bond acceptors (Lipinski definition) is 4. The van der Waals surface area contributed by atoms with E-state index in [9.17, 15) is 0 Å². The van der Waals surface area contributed by atoms with Crippen molar-refractivity contribution >= 4 is 5.71 Å². The van der Waals surface area contributed by atoms with Gasteiger partial charge in [-0.3, -0.25) is 0 Å². The Labute approximate surface area is 66.8 Å². The number of hydrogen-bond donors (Lipinski definition) is 2. The fourth-order valence-corrected chi connectivity index (χ4v) is 1.04. The average Bonchev–Trinajstić information content (AvgIpc) is 2.37. The molecule has 0 aromatic heterocycles. The van der Waals surface area contributed by atoms with Crippen LogP contribution in [-0.4, -0.2) is 31.4 Å². The Hall–Kier alpha value is -0.610. The second kappa shape index (κ2) is 4.31. The molecule has 1 aliphatic heterocycles. The second-order valence-electron chi connectivity index (χ2n) is 2.75. The summed E-state index contributed by atoms with van der Waals surface area (Å²) in [5.41, 5.74) is 6.38. The minimum Gasteiger partial charge on any atom is -0.391 e. The van der Waals surface area contributed by atoms with Gasteiger partial charge in [-0.1, -0.05) is 5.16 Å². The maximum absolute atomic E-state index is 5.31. The molecule has 1 atom stereocenters. The third kappa shape index (κ3) is 2.86. The summed E-state index contributed by atoms with van der Waals surface area (Å²) in [7, 11) is 0. The fraction of sp³-hybridized carbons (Fsp3) is 0.857. The highest BCUT2D eigenvalue weighted by molar-refractivity contribution is 5.82. The van der Waals surface area contributed by atoms with Gasteiger partial charge in [-0.15, -0.1) is 0 Å². The highest BCUT2D eigenvalue weighted by Gasteiger charge is 2.16. The minimum atomic E-state index is 0.224. The summed E-state index contributed by atoms with van der Waals surface area (Å²) in [6.07, 6.45) is 1.17. The molecule has 0 spiro atoms. The highest BCUT2D eigenvalue weighted by Crippen LogP contribution is 2.08. The fourth-order valence-electron chi connectivity index (χ4n) is 1.04. The molecule has 0 saturated carbocycles. The third-order valence-corrected chi connectivity index (χ3v) is 1.57. The molecule has 0 fully saturated rings. The first-order valence-electron chi connectivity index (χ1n) is 3.93. The van der Waals surface area contributed by atoms with E-state index in [1.54, 1.807) is 0 Å². The number of oxime groups is 1. The van der Waals surface area contributed by atoms with E-state index in [4.69, 9.17) is 10.6 Å². The molecule has 1 heterocycles. The van der Waals surface area contributed by atoms with Crippen molar-refractivity contribution in [1.29, 1.82) is 0 Å². The van der Waals surface area contributed by atoms with Crippen molar-refractivity contribution in [3.8, 4) is 0 Å². The summed E-state index contributed by atoms with van der Waals surface area (Å²) in [6, 6.07) is 0. The zero-order valence-electron chi connectivity index (χ0n) is 6.84. The van der Waals surface area contributed by atoms with Gasteiger partial charge in [-0.25, -0.2) is 0 Å². The van der Waals surface area contributed by atoms with E-state index in [0.717, 1.165) is 25.2 Å². The number of rotatable bonds is 4. The molecule has 0 aromatic carbocycles. The van der Waals surface area contributed by atoms with Gasteiger partial charge in [0.1, 0.15) is 6.10 Å². The van der Waals surface area contributed by atoms with E-state index < -0.39 is 0 Å². The number of nitrogens with one attached hydrogen (secondary N) is 1. The quantitative estimate of drug-likeness (QED) is 0.551. The normalized spacial score (nSPS) is 23.1. The Morgan fingerprint density at radius 2 is 2.64 bits per heavy atom. The van der Waals surface area contributed by atoms with Gasteiger partial charge in [0.25, 0.3) is 0 Å². The molecule has 0 bridgehead atoms. The van der Waals surface area contributed by atoms with E-state index in [1.807, 2.05) is 6.92 Å². The van der Waals surface area contributed by atoms with Crippen LogP contribution >= 0.6 is 0 Å². The largest absolute Gasteiger partial charge is 0.391 e. The molecular formula is C7H15N3O. The molecular weight excluding hydrogens is 142 g/mol. The van der Waals surface area contributed by atoms with Crippen molar-refractivity contribution < 1.29 is 4.84 Å². The Morgan fingerprint density at radius 1 is 1.82 bits per heavy atom. The van der Waals surface area contributed by atoms with Gasteiger partial charge in [0.2, 0.25) is 0 Å². The highest BCUT2D eigenvalue weighted by atomic mass is 16.6. The standard InChI is InChI=1S/C7H15N3O/c1-6-4-7(11-10-6)5-9-3-2-8/h7,9H,2-5,8H2,1H3. The molecule has 1 rings (SSSR count). The van der Waals surface area contributed by atoms with Crippen molar-refractivity contribution in [2.24, 2.45) is 10.9 Å². The van der Waals surface area contributed by atoms with Crippen LogP contribution in [0.2, 0.25) is 0 Å².